The minimum Gasteiger partial charge on any atom is -0.547 e. The van der Waals surface area contributed by atoms with E-state index in [9.17, 15) is 5.11 Å². The van der Waals surface area contributed by atoms with Crippen LogP contribution in [-0.4, -0.2) is 39.6 Å². The largest absolute Gasteiger partial charge is 0.547 e. The maximum Gasteiger partial charge on any atom is 0.229 e. The molecule has 3 rings (SSSR count). The van der Waals surface area contributed by atoms with Crippen LogP contribution in [0.3, 0.4) is 0 Å². The van der Waals surface area contributed by atoms with Crippen LogP contribution in [0.25, 0.3) is 0 Å². The number of unbranched alkanes of at least 4 members (excludes halogenated alkanes) is 2. The van der Waals surface area contributed by atoms with E-state index in [2.05, 4.69) is 126 Å². The lowest BCUT2D eigenvalue weighted by atomic mass is 9.75. The van der Waals surface area contributed by atoms with Crippen LogP contribution in [0.5, 0.6) is 17.2 Å². The van der Waals surface area contributed by atoms with Crippen molar-refractivity contribution in [2.24, 2.45) is 4.99 Å². The number of nitrogens with zero attached hydrogens (tertiary/aromatic N) is 1. The monoisotopic (exact) mass is 701 g/mol. The molecule has 0 radical (unpaired) electrons. The maximum absolute atomic E-state index is 13.7. The van der Waals surface area contributed by atoms with Crippen LogP contribution in [0, 0.1) is 0 Å². The molecule has 0 aromatic heterocycles. The second kappa shape index (κ2) is 16.9. The third-order valence-corrected chi connectivity index (χ3v) is 10.0. The lowest BCUT2D eigenvalue weighted by Crippen LogP contribution is -2.39. The molecule has 0 saturated carbocycles. The Morgan fingerprint density at radius 1 is 0.680 bits per heavy atom. The van der Waals surface area contributed by atoms with E-state index in [1.165, 1.54) is 0 Å². The summed E-state index contributed by atoms with van der Waals surface area (Å²) in [5.74, 6) is 2.18. The van der Waals surface area contributed by atoms with Gasteiger partial charge in [-0.3, -0.25) is 4.99 Å². The van der Waals surface area contributed by atoms with Gasteiger partial charge in [0.05, 0.1) is 19.3 Å². The zero-order valence-electron chi connectivity index (χ0n) is 33.8. The summed E-state index contributed by atoms with van der Waals surface area (Å²) in [5, 5.41) is 13.7. The SMILES string of the molecule is CCCCOc1ccc(C(C)(C)C)cc1C(O)(c1cc(C(C)(C)C)ccc1OCCCC)C(C)N=Cc1c(O[SiH](C)C)cccc1C(C)(C)C. The molecular formula is C44H67NO4Si. The van der Waals surface area contributed by atoms with Crippen molar-refractivity contribution in [3.05, 3.63) is 88.0 Å². The van der Waals surface area contributed by atoms with Gasteiger partial charge in [0.15, 0.2) is 0 Å². The van der Waals surface area contributed by atoms with Crippen molar-refractivity contribution >= 4 is 15.3 Å². The second-order valence-corrected chi connectivity index (χ2v) is 19.5. The molecular weight excluding hydrogens is 635 g/mol. The molecule has 276 valence electrons. The fourth-order valence-electron chi connectivity index (χ4n) is 6.07. The van der Waals surface area contributed by atoms with E-state index in [1.807, 2.05) is 31.3 Å². The molecule has 3 aromatic carbocycles. The van der Waals surface area contributed by atoms with Crippen LogP contribution < -0.4 is 13.9 Å². The Morgan fingerprint density at radius 3 is 1.56 bits per heavy atom. The number of aliphatic imine (C=N–C) groups is 1. The van der Waals surface area contributed by atoms with E-state index in [4.69, 9.17) is 18.9 Å². The van der Waals surface area contributed by atoms with Crippen LogP contribution in [0.4, 0.5) is 0 Å². The molecule has 6 heteroatoms. The van der Waals surface area contributed by atoms with Crippen molar-refractivity contribution in [1.82, 2.24) is 0 Å². The molecule has 0 heterocycles. The summed E-state index contributed by atoms with van der Waals surface area (Å²) in [7, 11) is -1.41. The van der Waals surface area contributed by atoms with Gasteiger partial charge in [0.1, 0.15) is 22.8 Å². The fourth-order valence-corrected chi connectivity index (χ4v) is 6.78. The highest BCUT2D eigenvalue weighted by atomic mass is 28.3. The maximum atomic E-state index is 13.7. The first-order chi connectivity index (χ1) is 23.2. The van der Waals surface area contributed by atoms with E-state index in [1.54, 1.807) is 0 Å². The fraction of sp³-hybridized carbons (Fsp3) is 0.568. The van der Waals surface area contributed by atoms with Crippen LogP contribution in [-0.2, 0) is 21.8 Å². The normalized spacial score (nSPS) is 13.6. The van der Waals surface area contributed by atoms with E-state index >= 15 is 0 Å². The highest BCUT2D eigenvalue weighted by molar-refractivity contribution is 6.49. The third kappa shape index (κ3) is 10.2. The van der Waals surface area contributed by atoms with Gasteiger partial charge in [-0.25, -0.2) is 0 Å². The topological polar surface area (TPSA) is 60.3 Å². The first-order valence-corrected chi connectivity index (χ1v) is 21.6. The molecule has 0 aliphatic heterocycles. The zero-order valence-corrected chi connectivity index (χ0v) is 34.9. The minimum absolute atomic E-state index is 0.137. The Bertz CT molecular complexity index is 1500. The predicted molar refractivity (Wildman–Crippen MR) is 216 cm³/mol. The molecule has 0 saturated heterocycles. The number of rotatable bonds is 15. The van der Waals surface area contributed by atoms with Gasteiger partial charge in [-0.2, -0.15) is 0 Å². The van der Waals surface area contributed by atoms with Crippen molar-refractivity contribution in [3.63, 3.8) is 0 Å². The molecule has 0 aliphatic rings. The van der Waals surface area contributed by atoms with Crippen LogP contribution >= 0.6 is 0 Å². The first kappa shape index (κ1) is 41.3. The molecule has 0 fully saturated rings. The summed E-state index contributed by atoms with van der Waals surface area (Å²) in [4.78, 5) is 5.27. The van der Waals surface area contributed by atoms with E-state index in [-0.39, 0.29) is 16.2 Å². The van der Waals surface area contributed by atoms with E-state index in [0.29, 0.717) is 35.8 Å². The average molecular weight is 702 g/mol. The van der Waals surface area contributed by atoms with Gasteiger partial charge in [-0.1, -0.05) is 113 Å². The van der Waals surface area contributed by atoms with Crippen LogP contribution in [0.2, 0.25) is 13.1 Å². The van der Waals surface area contributed by atoms with Crippen molar-refractivity contribution < 1.29 is 19.0 Å². The van der Waals surface area contributed by atoms with Gasteiger partial charge in [-0.05, 0) is 96.1 Å². The van der Waals surface area contributed by atoms with Gasteiger partial charge in [0.2, 0.25) is 9.04 Å². The Kier molecular flexibility index (Phi) is 14.0. The van der Waals surface area contributed by atoms with E-state index < -0.39 is 20.7 Å². The van der Waals surface area contributed by atoms with Crippen molar-refractivity contribution in [3.8, 4) is 17.2 Å². The molecule has 0 aliphatic carbocycles. The predicted octanol–water partition coefficient (Wildman–Crippen LogP) is 11.0. The third-order valence-electron chi connectivity index (χ3n) is 9.29. The highest BCUT2D eigenvalue weighted by Crippen LogP contribution is 2.46. The number of hydrogen-bond donors (Lipinski definition) is 1. The highest BCUT2D eigenvalue weighted by Gasteiger charge is 2.44. The Morgan fingerprint density at radius 2 is 1.16 bits per heavy atom. The van der Waals surface area contributed by atoms with Crippen LogP contribution in [0.1, 0.15) is 142 Å². The number of aliphatic hydroxyl groups is 1. The number of hydrogen-bond acceptors (Lipinski definition) is 5. The van der Waals surface area contributed by atoms with Crippen molar-refractivity contribution in [2.45, 2.75) is 150 Å². The lowest BCUT2D eigenvalue weighted by Gasteiger charge is -2.37. The lowest BCUT2D eigenvalue weighted by molar-refractivity contribution is 0.0519. The first-order valence-electron chi connectivity index (χ1n) is 18.9. The average Bonchev–Trinajstić information content (AvgIpc) is 3.02. The Hall–Kier alpha value is -3.09. The smallest absolute Gasteiger partial charge is 0.229 e. The summed E-state index contributed by atoms with van der Waals surface area (Å²) in [6, 6.07) is 18.2. The summed E-state index contributed by atoms with van der Waals surface area (Å²) < 4.78 is 19.5. The molecule has 5 nitrogen and oxygen atoms in total. The molecule has 0 bridgehead atoms. The molecule has 50 heavy (non-hydrogen) atoms. The summed E-state index contributed by atoms with van der Waals surface area (Å²) in [5.41, 5.74) is 3.68. The molecule has 0 spiro atoms. The minimum atomic E-state index is -1.60. The van der Waals surface area contributed by atoms with Crippen molar-refractivity contribution in [1.29, 1.82) is 0 Å². The zero-order chi connectivity index (χ0) is 37.5. The summed E-state index contributed by atoms with van der Waals surface area (Å²) >= 11 is 0. The summed E-state index contributed by atoms with van der Waals surface area (Å²) in [6.07, 6.45) is 5.80. The van der Waals surface area contributed by atoms with Gasteiger partial charge in [0, 0.05) is 22.9 Å². The molecule has 1 unspecified atom stereocenters. The second-order valence-electron chi connectivity index (χ2n) is 17.2. The van der Waals surface area contributed by atoms with Gasteiger partial charge in [-0.15, -0.1) is 0 Å². The van der Waals surface area contributed by atoms with Gasteiger partial charge >= 0.3 is 0 Å². The standard InChI is InChI=1S/C44H67NO4Si/c1-15-17-26-47-39-24-22-32(41(4,5)6)28-36(39)44(46,37-29-33(42(7,8)9)23-25-40(37)48-27-18-16-2)31(3)45-30-34-35(43(10,11)12)20-19-21-38(34)49-50(13)14/h19-25,28-31,46,50H,15-18,26-27H2,1-14H3. The molecule has 1 N–H and O–H groups in total. The Labute approximate surface area is 306 Å². The number of ether oxygens (including phenoxy) is 2. The van der Waals surface area contributed by atoms with Crippen LogP contribution in [0.15, 0.2) is 59.6 Å². The molecule has 1 atom stereocenters. The van der Waals surface area contributed by atoms with Gasteiger partial charge in [0.25, 0.3) is 0 Å². The van der Waals surface area contributed by atoms with E-state index in [0.717, 1.165) is 53.7 Å². The van der Waals surface area contributed by atoms with Gasteiger partial charge < -0.3 is 19.0 Å². The molecule has 3 aromatic rings. The molecule has 0 amide bonds. The van der Waals surface area contributed by atoms with Crippen molar-refractivity contribution in [2.75, 3.05) is 13.2 Å². The summed E-state index contributed by atoms with van der Waals surface area (Å²) in [6.45, 7) is 31.7. The Balaban J connectivity index is 2.45. The number of benzene rings is 3. The quantitative estimate of drug-likeness (QED) is 0.0973.